The highest BCUT2D eigenvalue weighted by Gasteiger charge is 2.15. The fraction of sp³-hybridized carbons (Fsp3) is 0.450. The lowest BCUT2D eigenvalue weighted by Crippen LogP contribution is -2.21. The predicted octanol–water partition coefficient (Wildman–Crippen LogP) is 4.48. The van der Waals surface area contributed by atoms with Crippen molar-refractivity contribution in [2.75, 3.05) is 10.6 Å². The maximum absolute atomic E-state index is 12.5. The van der Waals surface area contributed by atoms with E-state index in [1.165, 1.54) is 25.7 Å². The van der Waals surface area contributed by atoms with Gasteiger partial charge in [-0.25, -0.2) is 9.97 Å². The van der Waals surface area contributed by atoms with Gasteiger partial charge in [0.15, 0.2) is 0 Å². The third-order valence-corrected chi connectivity index (χ3v) is 4.72. The lowest BCUT2D eigenvalue weighted by molar-refractivity contribution is 0.102. The summed E-state index contributed by atoms with van der Waals surface area (Å²) in [7, 11) is 0. The Balaban J connectivity index is 1.69. The van der Waals surface area contributed by atoms with Crippen LogP contribution in [0.2, 0.25) is 0 Å². The van der Waals surface area contributed by atoms with Gasteiger partial charge in [0, 0.05) is 17.9 Å². The molecule has 0 unspecified atom stereocenters. The molecule has 0 saturated heterocycles. The summed E-state index contributed by atoms with van der Waals surface area (Å²) in [6, 6.07) is 8.06. The van der Waals surface area contributed by atoms with Gasteiger partial charge in [0.05, 0.1) is 0 Å². The summed E-state index contributed by atoms with van der Waals surface area (Å²) in [5.74, 6) is 0.334. The maximum Gasteiger partial charge on any atom is 0.274 e. The molecule has 1 aliphatic carbocycles. The van der Waals surface area contributed by atoms with Crippen molar-refractivity contribution in [1.82, 2.24) is 9.97 Å². The minimum Gasteiger partial charge on any atom is -0.351 e. The third-order valence-electron chi connectivity index (χ3n) is 4.72. The van der Waals surface area contributed by atoms with Crippen LogP contribution < -0.4 is 10.6 Å². The van der Waals surface area contributed by atoms with E-state index in [1.807, 2.05) is 32.0 Å². The second-order valence-corrected chi connectivity index (χ2v) is 6.87. The van der Waals surface area contributed by atoms with Crippen LogP contribution in [0.5, 0.6) is 0 Å². The molecule has 1 saturated carbocycles. The molecule has 0 atom stereocenters. The van der Waals surface area contributed by atoms with E-state index >= 15 is 0 Å². The number of carbonyl (C=O) groups is 1. The fourth-order valence-electron chi connectivity index (χ4n) is 3.22. The second kappa shape index (κ2) is 8.10. The van der Waals surface area contributed by atoms with Crippen molar-refractivity contribution in [2.45, 2.75) is 58.4 Å². The maximum atomic E-state index is 12.5. The summed E-state index contributed by atoms with van der Waals surface area (Å²) < 4.78 is 0. The number of rotatable bonds is 4. The normalized spacial score (nSPS) is 15.4. The number of hydrogen-bond donors (Lipinski definition) is 2. The lowest BCUT2D eigenvalue weighted by atomic mass is 10.1. The summed E-state index contributed by atoms with van der Waals surface area (Å²) in [6.45, 7) is 3.99. The molecule has 2 aromatic rings. The first-order chi connectivity index (χ1) is 12.1. The van der Waals surface area contributed by atoms with Crippen LogP contribution >= 0.6 is 0 Å². The molecular weight excluding hydrogens is 312 g/mol. The quantitative estimate of drug-likeness (QED) is 0.807. The molecule has 0 bridgehead atoms. The number of anilines is 2. The van der Waals surface area contributed by atoms with Crippen molar-refractivity contribution in [2.24, 2.45) is 0 Å². The molecule has 2 N–H and O–H groups in total. The smallest absolute Gasteiger partial charge is 0.274 e. The van der Waals surface area contributed by atoms with Crippen molar-refractivity contribution >= 4 is 17.5 Å². The Morgan fingerprint density at radius 3 is 2.60 bits per heavy atom. The Hall–Kier alpha value is -2.43. The van der Waals surface area contributed by atoms with Crippen molar-refractivity contribution < 1.29 is 4.79 Å². The van der Waals surface area contributed by atoms with Gasteiger partial charge in [-0.3, -0.25) is 4.79 Å². The number of benzene rings is 1. The van der Waals surface area contributed by atoms with Gasteiger partial charge < -0.3 is 10.6 Å². The van der Waals surface area contributed by atoms with E-state index in [0.29, 0.717) is 17.7 Å². The zero-order valence-corrected chi connectivity index (χ0v) is 15.0. The first-order valence-electron chi connectivity index (χ1n) is 9.10. The Labute approximate surface area is 149 Å². The summed E-state index contributed by atoms with van der Waals surface area (Å²) >= 11 is 0. The number of hydrogen-bond acceptors (Lipinski definition) is 4. The Morgan fingerprint density at radius 2 is 1.84 bits per heavy atom. The number of nitrogens with zero attached hydrogens (tertiary/aromatic N) is 2. The van der Waals surface area contributed by atoms with E-state index in [2.05, 4.69) is 20.6 Å². The van der Waals surface area contributed by atoms with E-state index in [4.69, 9.17) is 0 Å². The van der Waals surface area contributed by atoms with Gasteiger partial charge in [0.2, 0.25) is 5.95 Å². The van der Waals surface area contributed by atoms with Gasteiger partial charge in [-0.1, -0.05) is 37.8 Å². The SMILES string of the molecule is Cc1ccc(C)c(NC(=O)c2ccnc(NC3CCCCCC3)n2)c1. The van der Waals surface area contributed by atoms with Crippen LogP contribution in [0.4, 0.5) is 11.6 Å². The van der Waals surface area contributed by atoms with Crippen LogP contribution in [0.25, 0.3) is 0 Å². The summed E-state index contributed by atoms with van der Waals surface area (Å²) in [5.41, 5.74) is 3.35. The molecule has 1 aliphatic rings. The van der Waals surface area contributed by atoms with Crippen LogP contribution in [0, 0.1) is 13.8 Å². The standard InChI is InChI=1S/C20H26N4O/c1-14-9-10-15(2)18(13-14)23-19(25)17-11-12-21-20(24-17)22-16-7-5-3-4-6-8-16/h9-13,16H,3-8H2,1-2H3,(H,23,25)(H,21,22,24). The molecule has 0 radical (unpaired) electrons. The Kier molecular flexibility index (Phi) is 5.64. The highest BCUT2D eigenvalue weighted by atomic mass is 16.1. The Bertz CT molecular complexity index is 736. The first kappa shape index (κ1) is 17.4. The van der Waals surface area contributed by atoms with Crippen LogP contribution in [-0.4, -0.2) is 21.9 Å². The number of amides is 1. The highest BCUT2D eigenvalue weighted by Crippen LogP contribution is 2.20. The largest absolute Gasteiger partial charge is 0.351 e. The van der Waals surface area contributed by atoms with Crippen LogP contribution in [0.3, 0.4) is 0 Å². The zero-order chi connectivity index (χ0) is 17.6. The highest BCUT2D eigenvalue weighted by molar-refractivity contribution is 6.03. The van der Waals surface area contributed by atoms with Crippen LogP contribution in [0.15, 0.2) is 30.5 Å². The molecule has 1 aromatic heterocycles. The van der Waals surface area contributed by atoms with Crippen molar-refractivity contribution in [3.63, 3.8) is 0 Å². The molecule has 1 fully saturated rings. The van der Waals surface area contributed by atoms with Gasteiger partial charge in [-0.15, -0.1) is 0 Å². The summed E-state index contributed by atoms with van der Waals surface area (Å²) in [5, 5.41) is 6.35. The molecule has 5 nitrogen and oxygen atoms in total. The van der Waals surface area contributed by atoms with E-state index in [9.17, 15) is 4.79 Å². The molecule has 0 aliphatic heterocycles. The van der Waals surface area contributed by atoms with E-state index in [0.717, 1.165) is 29.7 Å². The molecule has 132 valence electrons. The number of aromatic nitrogens is 2. The molecule has 1 heterocycles. The molecule has 1 amide bonds. The number of aryl methyl sites for hydroxylation is 2. The molecule has 0 spiro atoms. The van der Waals surface area contributed by atoms with E-state index in [-0.39, 0.29) is 5.91 Å². The Morgan fingerprint density at radius 1 is 1.08 bits per heavy atom. The minimum atomic E-state index is -0.208. The minimum absolute atomic E-state index is 0.208. The van der Waals surface area contributed by atoms with Gasteiger partial charge in [-0.05, 0) is 49.9 Å². The van der Waals surface area contributed by atoms with Gasteiger partial charge in [0.1, 0.15) is 5.69 Å². The van der Waals surface area contributed by atoms with E-state index < -0.39 is 0 Å². The molecule has 5 heteroatoms. The summed E-state index contributed by atoms with van der Waals surface area (Å²) in [4.78, 5) is 21.2. The number of carbonyl (C=O) groups excluding carboxylic acids is 1. The fourth-order valence-corrected chi connectivity index (χ4v) is 3.22. The predicted molar refractivity (Wildman–Crippen MR) is 101 cm³/mol. The average Bonchev–Trinajstić information content (AvgIpc) is 2.87. The summed E-state index contributed by atoms with van der Waals surface area (Å²) in [6.07, 6.45) is 9.01. The van der Waals surface area contributed by atoms with Crippen molar-refractivity contribution in [3.8, 4) is 0 Å². The first-order valence-corrected chi connectivity index (χ1v) is 9.10. The van der Waals surface area contributed by atoms with Crippen molar-refractivity contribution in [3.05, 3.63) is 47.3 Å². The van der Waals surface area contributed by atoms with Crippen LogP contribution in [0.1, 0.15) is 60.1 Å². The molecule has 25 heavy (non-hydrogen) atoms. The van der Waals surface area contributed by atoms with Gasteiger partial charge in [-0.2, -0.15) is 0 Å². The third kappa shape index (κ3) is 4.78. The number of nitrogens with one attached hydrogen (secondary N) is 2. The van der Waals surface area contributed by atoms with Gasteiger partial charge >= 0.3 is 0 Å². The zero-order valence-electron chi connectivity index (χ0n) is 15.0. The molecular formula is C20H26N4O. The molecule has 1 aromatic carbocycles. The average molecular weight is 338 g/mol. The molecule has 3 rings (SSSR count). The van der Waals surface area contributed by atoms with E-state index in [1.54, 1.807) is 12.3 Å². The van der Waals surface area contributed by atoms with Gasteiger partial charge in [0.25, 0.3) is 5.91 Å². The van der Waals surface area contributed by atoms with Crippen LogP contribution in [-0.2, 0) is 0 Å². The second-order valence-electron chi connectivity index (χ2n) is 6.87. The van der Waals surface area contributed by atoms with Crippen molar-refractivity contribution in [1.29, 1.82) is 0 Å². The monoisotopic (exact) mass is 338 g/mol. The topological polar surface area (TPSA) is 66.9 Å². The lowest BCUT2D eigenvalue weighted by Gasteiger charge is -2.16.